The summed E-state index contributed by atoms with van der Waals surface area (Å²) in [5.74, 6) is -0.647. The quantitative estimate of drug-likeness (QED) is 0.473. The van der Waals surface area contributed by atoms with E-state index in [1.54, 1.807) is 32.2 Å². The number of para-hydroxylation sites is 1. The zero-order valence-corrected chi connectivity index (χ0v) is 20.6. The number of nitrogens with one attached hydrogen (secondary N) is 1. The minimum atomic E-state index is -1.36. The first kappa shape index (κ1) is 25.1. The average molecular weight is 497 g/mol. The second kappa shape index (κ2) is 10.3. The van der Waals surface area contributed by atoms with Gasteiger partial charge in [-0.15, -0.1) is 0 Å². The van der Waals surface area contributed by atoms with E-state index in [1.807, 2.05) is 18.2 Å². The number of nitrogens with zero attached hydrogens (tertiary/aromatic N) is 1. The predicted octanol–water partition coefficient (Wildman–Crippen LogP) is 2.78. The minimum Gasteiger partial charge on any atom is -0.496 e. The zero-order valence-electron chi connectivity index (χ0n) is 20.6. The fourth-order valence-corrected chi connectivity index (χ4v) is 4.17. The first-order valence-electron chi connectivity index (χ1n) is 11.3. The van der Waals surface area contributed by atoms with Gasteiger partial charge in [0.2, 0.25) is 11.7 Å². The molecule has 0 unspecified atom stereocenters. The molecule has 0 saturated heterocycles. The molecule has 10 heteroatoms. The molecule has 2 amide bonds. The van der Waals surface area contributed by atoms with Crippen LogP contribution in [0.4, 0.5) is 0 Å². The summed E-state index contributed by atoms with van der Waals surface area (Å²) < 4.78 is 27.2. The number of esters is 1. The number of rotatable bonds is 8. The molecule has 0 saturated carbocycles. The van der Waals surface area contributed by atoms with E-state index in [0.29, 0.717) is 16.7 Å². The predicted molar refractivity (Wildman–Crippen MR) is 129 cm³/mol. The first-order chi connectivity index (χ1) is 17.3. The second-order valence-electron chi connectivity index (χ2n) is 8.47. The lowest BCUT2D eigenvalue weighted by Crippen LogP contribution is -2.61. The number of furan rings is 1. The van der Waals surface area contributed by atoms with Crippen LogP contribution in [0.3, 0.4) is 0 Å². The van der Waals surface area contributed by atoms with Crippen molar-refractivity contribution in [2.45, 2.75) is 19.0 Å². The smallest absolute Gasteiger partial charge is 0.337 e. The van der Waals surface area contributed by atoms with Crippen LogP contribution in [0, 0.1) is 0 Å². The number of ether oxygens (including phenoxy) is 4. The highest BCUT2D eigenvalue weighted by Gasteiger charge is 2.47. The van der Waals surface area contributed by atoms with Crippen molar-refractivity contribution in [2.24, 2.45) is 0 Å². The molecule has 0 bridgehead atoms. The molecule has 1 aliphatic heterocycles. The maximum Gasteiger partial charge on any atom is 0.337 e. The molecule has 1 atom stereocenters. The first-order valence-corrected chi connectivity index (χ1v) is 11.3. The summed E-state index contributed by atoms with van der Waals surface area (Å²) in [6.07, 6.45) is 0. The molecule has 36 heavy (non-hydrogen) atoms. The number of hydrogen-bond acceptors (Lipinski definition) is 8. The molecule has 0 aliphatic carbocycles. The van der Waals surface area contributed by atoms with Crippen molar-refractivity contribution in [2.75, 3.05) is 41.1 Å². The van der Waals surface area contributed by atoms with Crippen LogP contribution in [0.25, 0.3) is 11.0 Å². The summed E-state index contributed by atoms with van der Waals surface area (Å²) in [4.78, 5) is 40.5. The maximum atomic E-state index is 13.7. The van der Waals surface area contributed by atoms with Gasteiger partial charge in [0, 0.05) is 25.8 Å². The SMILES string of the molecule is COCCN1C(=O)c2oc3cc(C(=O)OC)ccc3c2OC[C@@]1(C)C(=O)NCc1ccccc1OC. The van der Waals surface area contributed by atoms with Gasteiger partial charge in [0.25, 0.3) is 5.91 Å². The van der Waals surface area contributed by atoms with Crippen molar-refractivity contribution in [3.63, 3.8) is 0 Å². The van der Waals surface area contributed by atoms with Crippen molar-refractivity contribution in [1.29, 1.82) is 0 Å². The molecule has 1 aromatic heterocycles. The summed E-state index contributed by atoms with van der Waals surface area (Å²) in [6.45, 7) is 2.04. The number of hydrogen-bond donors (Lipinski definition) is 1. The normalized spacial score (nSPS) is 17.2. The molecule has 2 aromatic carbocycles. The number of amides is 2. The van der Waals surface area contributed by atoms with Crippen LogP contribution >= 0.6 is 0 Å². The van der Waals surface area contributed by atoms with Crippen LogP contribution in [0.2, 0.25) is 0 Å². The van der Waals surface area contributed by atoms with E-state index in [4.69, 9.17) is 23.4 Å². The standard InChI is InChI=1S/C26H28N2O8/c1-26(25(31)27-14-17-7-5-6-8-19(17)33-3)15-35-21-18-10-9-16(24(30)34-4)13-20(18)36-22(21)23(29)28(26)11-12-32-2/h5-10,13H,11-12,14-15H2,1-4H3,(H,27,31)/t26-/m0/s1. The fraction of sp³-hybridized carbons (Fsp3) is 0.346. The van der Waals surface area contributed by atoms with E-state index in [1.165, 1.54) is 25.2 Å². The van der Waals surface area contributed by atoms with Crippen LogP contribution in [0.1, 0.15) is 33.4 Å². The third-order valence-corrected chi connectivity index (χ3v) is 6.24. The topological polar surface area (TPSA) is 117 Å². The summed E-state index contributed by atoms with van der Waals surface area (Å²) in [5, 5.41) is 3.42. The van der Waals surface area contributed by atoms with Gasteiger partial charge in [0.1, 0.15) is 17.9 Å². The Balaban J connectivity index is 1.66. The molecule has 0 radical (unpaired) electrons. The van der Waals surface area contributed by atoms with Crippen LogP contribution in [0.5, 0.6) is 11.5 Å². The van der Waals surface area contributed by atoms with E-state index >= 15 is 0 Å². The highest BCUT2D eigenvalue weighted by atomic mass is 16.5. The molecule has 0 spiro atoms. The van der Waals surface area contributed by atoms with Crippen LogP contribution in [-0.2, 0) is 20.8 Å². The highest BCUT2D eigenvalue weighted by Crippen LogP contribution is 2.39. The summed E-state index contributed by atoms with van der Waals surface area (Å²) in [6, 6.07) is 12.0. The second-order valence-corrected chi connectivity index (χ2v) is 8.47. The number of carbonyl (C=O) groups is 3. The van der Waals surface area contributed by atoms with E-state index in [-0.39, 0.29) is 43.4 Å². The van der Waals surface area contributed by atoms with Crippen molar-refractivity contribution < 1.29 is 37.7 Å². The van der Waals surface area contributed by atoms with Crippen molar-refractivity contribution in [1.82, 2.24) is 10.2 Å². The Morgan fingerprint density at radius 1 is 1.14 bits per heavy atom. The van der Waals surface area contributed by atoms with Gasteiger partial charge in [-0.3, -0.25) is 9.59 Å². The monoisotopic (exact) mass is 496 g/mol. The Labute approximate surface area is 208 Å². The van der Waals surface area contributed by atoms with Gasteiger partial charge in [-0.05, 0) is 31.2 Å². The van der Waals surface area contributed by atoms with Gasteiger partial charge in [0.05, 0.1) is 31.8 Å². The molecule has 190 valence electrons. The van der Waals surface area contributed by atoms with E-state index < -0.39 is 23.3 Å². The van der Waals surface area contributed by atoms with Gasteiger partial charge >= 0.3 is 5.97 Å². The molecule has 10 nitrogen and oxygen atoms in total. The summed E-state index contributed by atoms with van der Waals surface area (Å²) in [5.41, 5.74) is 0.00291. The Morgan fingerprint density at radius 3 is 2.64 bits per heavy atom. The molecular formula is C26H28N2O8. The molecule has 0 fully saturated rings. The van der Waals surface area contributed by atoms with Crippen molar-refractivity contribution in [3.05, 3.63) is 59.4 Å². The lowest BCUT2D eigenvalue weighted by atomic mass is 9.99. The lowest BCUT2D eigenvalue weighted by Gasteiger charge is -2.37. The summed E-state index contributed by atoms with van der Waals surface area (Å²) >= 11 is 0. The molecule has 3 aromatic rings. The van der Waals surface area contributed by atoms with Crippen molar-refractivity contribution in [3.8, 4) is 11.5 Å². The molecule has 1 N–H and O–H groups in total. The molecule has 1 aliphatic rings. The number of benzene rings is 2. The van der Waals surface area contributed by atoms with Crippen LogP contribution < -0.4 is 14.8 Å². The van der Waals surface area contributed by atoms with Crippen LogP contribution in [0.15, 0.2) is 46.9 Å². The average Bonchev–Trinajstić information content (AvgIpc) is 3.23. The zero-order chi connectivity index (χ0) is 25.9. The van der Waals surface area contributed by atoms with Gasteiger partial charge in [0.15, 0.2) is 11.3 Å². The third-order valence-electron chi connectivity index (χ3n) is 6.24. The number of carbonyl (C=O) groups excluding carboxylic acids is 3. The Kier molecular flexibility index (Phi) is 7.16. The fourth-order valence-electron chi connectivity index (χ4n) is 4.17. The highest BCUT2D eigenvalue weighted by molar-refractivity contribution is 6.05. The van der Waals surface area contributed by atoms with Crippen molar-refractivity contribution >= 4 is 28.8 Å². The Hall–Kier alpha value is -4.05. The lowest BCUT2D eigenvalue weighted by molar-refractivity contribution is -0.133. The van der Waals surface area contributed by atoms with E-state index in [9.17, 15) is 14.4 Å². The van der Waals surface area contributed by atoms with Crippen LogP contribution in [-0.4, -0.2) is 69.3 Å². The van der Waals surface area contributed by atoms with E-state index in [0.717, 1.165) is 5.56 Å². The van der Waals surface area contributed by atoms with E-state index in [2.05, 4.69) is 5.32 Å². The van der Waals surface area contributed by atoms with Gasteiger partial charge in [-0.1, -0.05) is 18.2 Å². The number of methoxy groups -OCH3 is 3. The molecule has 4 rings (SSSR count). The molecule has 2 heterocycles. The largest absolute Gasteiger partial charge is 0.496 e. The van der Waals surface area contributed by atoms with Gasteiger partial charge in [-0.25, -0.2) is 4.79 Å². The van der Waals surface area contributed by atoms with Gasteiger partial charge in [-0.2, -0.15) is 0 Å². The maximum absolute atomic E-state index is 13.7. The van der Waals surface area contributed by atoms with Gasteiger partial charge < -0.3 is 33.6 Å². The minimum absolute atomic E-state index is 0.0515. The summed E-state index contributed by atoms with van der Waals surface area (Å²) in [7, 11) is 4.36. The molecular weight excluding hydrogens is 468 g/mol. The Bertz CT molecular complexity index is 1300. The Morgan fingerprint density at radius 2 is 1.92 bits per heavy atom. The number of fused-ring (bicyclic) bond motifs is 3. The third kappa shape index (κ3) is 4.47.